The van der Waals surface area contributed by atoms with Crippen molar-refractivity contribution >= 4 is 45.9 Å². The van der Waals surface area contributed by atoms with Gasteiger partial charge in [-0.05, 0) is 30.3 Å². The first-order valence-electron chi connectivity index (χ1n) is 7.95. The van der Waals surface area contributed by atoms with Gasteiger partial charge in [0.2, 0.25) is 0 Å². The van der Waals surface area contributed by atoms with Gasteiger partial charge in [-0.1, -0.05) is 25.1 Å². The maximum absolute atomic E-state index is 12.4. The molecular weight excluding hydrogens is 340 g/mol. The number of carbonyl (C=O) groups is 3. The number of aromatic nitrogens is 1. The zero-order chi connectivity index (χ0) is 18.0. The van der Waals surface area contributed by atoms with E-state index in [4.69, 9.17) is 4.74 Å². The normalized spacial score (nSPS) is 16.2. The minimum absolute atomic E-state index is 0.0855. The molecule has 3 rings (SSSR count). The topological polar surface area (TPSA) is 68.6 Å². The van der Waals surface area contributed by atoms with Crippen molar-refractivity contribution in [1.29, 1.82) is 0 Å². The largest absolute Gasteiger partial charge is 0.468 e. The first-order valence-corrected chi connectivity index (χ1v) is 8.77. The van der Waals surface area contributed by atoms with Crippen LogP contribution >= 0.6 is 11.8 Å². The summed E-state index contributed by atoms with van der Waals surface area (Å²) in [6.45, 7) is 2.43. The highest BCUT2D eigenvalue weighted by molar-refractivity contribution is 8.18. The minimum atomic E-state index is -0.351. The molecule has 0 N–H and O–H groups in total. The van der Waals surface area contributed by atoms with Gasteiger partial charge < -0.3 is 9.30 Å². The SMILES string of the molecule is CCCN1C(=O)S/C(=C\c2cn(CC(=O)OC)c3ccccc23)C1=O. The molecule has 2 heterocycles. The van der Waals surface area contributed by atoms with Gasteiger partial charge in [-0.3, -0.25) is 19.3 Å². The van der Waals surface area contributed by atoms with Gasteiger partial charge >= 0.3 is 5.97 Å². The number of nitrogens with zero attached hydrogens (tertiary/aromatic N) is 2. The monoisotopic (exact) mass is 358 g/mol. The van der Waals surface area contributed by atoms with Gasteiger partial charge in [0.25, 0.3) is 11.1 Å². The van der Waals surface area contributed by atoms with Gasteiger partial charge in [0, 0.05) is 29.2 Å². The third kappa shape index (κ3) is 3.32. The van der Waals surface area contributed by atoms with Crippen molar-refractivity contribution in [2.24, 2.45) is 0 Å². The lowest BCUT2D eigenvalue weighted by atomic mass is 10.1. The number of methoxy groups -OCH3 is 1. The second kappa shape index (κ2) is 7.14. The Labute approximate surface area is 149 Å². The molecule has 0 aliphatic carbocycles. The summed E-state index contributed by atoms with van der Waals surface area (Å²) in [5, 5.41) is 0.671. The Morgan fingerprint density at radius 3 is 2.76 bits per heavy atom. The van der Waals surface area contributed by atoms with E-state index in [0.29, 0.717) is 11.4 Å². The molecule has 1 aromatic carbocycles. The lowest BCUT2D eigenvalue weighted by Gasteiger charge is -2.09. The Balaban J connectivity index is 2.01. The maximum Gasteiger partial charge on any atom is 0.325 e. The first kappa shape index (κ1) is 17.3. The first-order chi connectivity index (χ1) is 12.0. The lowest BCUT2D eigenvalue weighted by Crippen LogP contribution is -2.28. The van der Waals surface area contributed by atoms with Crippen LogP contribution in [0.15, 0.2) is 35.4 Å². The summed E-state index contributed by atoms with van der Waals surface area (Å²) in [7, 11) is 1.35. The van der Waals surface area contributed by atoms with Gasteiger partial charge in [-0.2, -0.15) is 0 Å². The van der Waals surface area contributed by atoms with Gasteiger partial charge in [0.05, 0.1) is 12.0 Å². The summed E-state index contributed by atoms with van der Waals surface area (Å²) in [4.78, 5) is 37.7. The molecule has 1 aliphatic heterocycles. The zero-order valence-electron chi connectivity index (χ0n) is 14.0. The Kier molecular flexibility index (Phi) is 4.94. The van der Waals surface area contributed by atoms with Gasteiger partial charge in [-0.15, -0.1) is 0 Å². The fraction of sp³-hybridized carbons (Fsp3) is 0.278. The Hall–Kier alpha value is -2.54. The van der Waals surface area contributed by atoms with E-state index < -0.39 is 0 Å². The molecule has 0 bridgehead atoms. The third-order valence-corrected chi connectivity index (χ3v) is 4.86. The number of hydrogen-bond acceptors (Lipinski definition) is 5. The Morgan fingerprint density at radius 1 is 1.28 bits per heavy atom. The number of benzene rings is 1. The van der Waals surface area contributed by atoms with Crippen LogP contribution in [0.2, 0.25) is 0 Å². The van der Waals surface area contributed by atoms with Crippen molar-refractivity contribution in [3.05, 3.63) is 40.9 Å². The molecule has 25 heavy (non-hydrogen) atoms. The number of rotatable bonds is 5. The number of imide groups is 1. The van der Waals surface area contributed by atoms with Crippen LogP contribution in [0.5, 0.6) is 0 Å². The summed E-state index contributed by atoms with van der Waals surface area (Å²) in [6, 6.07) is 7.60. The van der Waals surface area contributed by atoms with Crippen molar-refractivity contribution in [3.63, 3.8) is 0 Å². The Morgan fingerprint density at radius 2 is 2.04 bits per heavy atom. The van der Waals surface area contributed by atoms with E-state index in [9.17, 15) is 14.4 Å². The second-order valence-electron chi connectivity index (χ2n) is 5.64. The van der Waals surface area contributed by atoms with E-state index in [1.54, 1.807) is 16.8 Å². The molecule has 0 radical (unpaired) electrons. The molecule has 7 heteroatoms. The highest BCUT2D eigenvalue weighted by Gasteiger charge is 2.34. The van der Waals surface area contributed by atoms with Crippen LogP contribution in [0.4, 0.5) is 4.79 Å². The number of amides is 2. The summed E-state index contributed by atoms with van der Waals surface area (Å²) in [5.41, 5.74) is 1.66. The predicted octanol–water partition coefficient (Wildman–Crippen LogP) is 3.26. The molecule has 1 fully saturated rings. The number of para-hydroxylation sites is 1. The standard InChI is InChI=1S/C18H18N2O4S/c1-3-8-20-17(22)15(25-18(20)23)9-12-10-19(11-16(21)24-2)14-7-5-4-6-13(12)14/h4-7,9-10H,3,8,11H2,1-2H3/b15-9-. The number of fused-ring (bicyclic) bond motifs is 1. The van der Waals surface area contributed by atoms with Crippen LogP contribution in [-0.2, 0) is 20.9 Å². The van der Waals surface area contributed by atoms with Crippen LogP contribution < -0.4 is 0 Å². The quantitative estimate of drug-likeness (QED) is 0.606. The van der Waals surface area contributed by atoms with Crippen LogP contribution in [0.25, 0.3) is 17.0 Å². The van der Waals surface area contributed by atoms with Gasteiger partial charge in [0.15, 0.2) is 0 Å². The Bertz CT molecular complexity index is 884. The third-order valence-electron chi connectivity index (χ3n) is 3.95. The molecule has 0 unspecified atom stereocenters. The van der Waals surface area contributed by atoms with Crippen molar-refractivity contribution < 1.29 is 19.1 Å². The molecule has 1 saturated heterocycles. The van der Waals surface area contributed by atoms with E-state index in [-0.39, 0.29) is 23.7 Å². The fourth-order valence-electron chi connectivity index (χ4n) is 2.78. The smallest absolute Gasteiger partial charge is 0.325 e. The predicted molar refractivity (Wildman–Crippen MR) is 96.9 cm³/mol. The second-order valence-corrected chi connectivity index (χ2v) is 6.63. The summed E-state index contributed by atoms with van der Waals surface area (Å²) < 4.78 is 6.51. The summed E-state index contributed by atoms with van der Waals surface area (Å²) in [6.07, 6.45) is 4.25. The van der Waals surface area contributed by atoms with E-state index in [2.05, 4.69) is 0 Å². The highest BCUT2D eigenvalue weighted by Crippen LogP contribution is 2.34. The maximum atomic E-state index is 12.4. The van der Waals surface area contributed by atoms with Crippen LogP contribution in [0.3, 0.4) is 0 Å². The average molecular weight is 358 g/mol. The van der Waals surface area contributed by atoms with E-state index >= 15 is 0 Å². The molecule has 2 aromatic rings. The van der Waals surface area contributed by atoms with Crippen molar-refractivity contribution in [1.82, 2.24) is 9.47 Å². The van der Waals surface area contributed by atoms with E-state index in [1.165, 1.54) is 12.0 Å². The summed E-state index contributed by atoms with van der Waals surface area (Å²) >= 11 is 0.950. The molecule has 6 nitrogen and oxygen atoms in total. The highest BCUT2D eigenvalue weighted by atomic mass is 32.2. The molecule has 1 aliphatic rings. The molecule has 0 saturated carbocycles. The lowest BCUT2D eigenvalue weighted by molar-refractivity contribution is -0.141. The average Bonchev–Trinajstić information content (AvgIpc) is 3.08. The van der Waals surface area contributed by atoms with E-state index in [1.807, 2.05) is 31.2 Å². The minimum Gasteiger partial charge on any atom is -0.468 e. The molecule has 130 valence electrons. The number of ether oxygens (including phenoxy) is 1. The van der Waals surface area contributed by atoms with Crippen molar-refractivity contribution in [3.8, 4) is 0 Å². The number of esters is 1. The van der Waals surface area contributed by atoms with Gasteiger partial charge in [-0.25, -0.2) is 0 Å². The number of hydrogen-bond donors (Lipinski definition) is 0. The van der Waals surface area contributed by atoms with Crippen LogP contribution in [0.1, 0.15) is 18.9 Å². The molecule has 0 spiro atoms. The van der Waals surface area contributed by atoms with Crippen molar-refractivity contribution in [2.45, 2.75) is 19.9 Å². The zero-order valence-corrected chi connectivity index (χ0v) is 14.8. The number of thioether (sulfide) groups is 1. The fourth-order valence-corrected chi connectivity index (χ4v) is 3.64. The molecule has 1 aromatic heterocycles. The molecular formula is C18H18N2O4S. The van der Waals surface area contributed by atoms with Crippen LogP contribution in [-0.4, -0.2) is 40.2 Å². The van der Waals surface area contributed by atoms with Crippen LogP contribution in [0, 0.1) is 0 Å². The summed E-state index contributed by atoms with van der Waals surface area (Å²) in [5.74, 6) is -0.614. The molecule has 0 atom stereocenters. The molecule has 2 amide bonds. The van der Waals surface area contributed by atoms with E-state index in [0.717, 1.165) is 34.6 Å². The number of carbonyl (C=O) groups excluding carboxylic acids is 3. The van der Waals surface area contributed by atoms with Crippen molar-refractivity contribution in [2.75, 3.05) is 13.7 Å². The van der Waals surface area contributed by atoms with Gasteiger partial charge in [0.1, 0.15) is 6.54 Å².